The van der Waals surface area contributed by atoms with Gasteiger partial charge >= 0.3 is 95.5 Å². The van der Waals surface area contributed by atoms with Gasteiger partial charge in [0.2, 0.25) is 11.4 Å². The Morgan fingerprint density at radius 3 is 0.711 bits per heavy atom. The third-order valence-electron chi connectivity index (χ3n) is 25.0. The Morgan fingerprint density at radius 1 is 0.317 bits per heavy atom. The number of hydrogen-bond donors (Lipinski definition) is 0. The molecule has 0 unspecified atom stereocenters. The number of aryl methyl sites for hydroxylation is 24. The van der Waals surface area contributed by atoms with Gasteiger partial charge in [-0.1, -0.05) is 249 Å². The maximum Gasteiger partial charge on any atom is 2.00 e. The molecule has 142 heavy (non-hydrogen) atoms. The normalized spacial score (nSPS) is 14.0. The van der Waals surface area contributed by atoms with Crippen molar-refractivity contribution in [2.24, 2.45) is 30.0 Å². The second kappa shape index (κ2) is 49.0. The van der Waals surface area contributed by atoms with Gasteiger partial charge in [0.1, 0.15) is 0 Å². The van der Waals surface area contributed by atoms with E-state index in [4.69, 9.17) is 55.1 Å². The Labute approximate surface area is 895 Å². The summed E-state index contributed by atoms with van der Waals surface area (Å²) in [5.41, 5.74) is 56.0. The van der Waals surface area contributed by atoms with Crippen LogP contribution in [0.3, 0.4) is 0 Å². The van der Waals surface area contributed by atoms with Gasteiger partial charge in [-0.3, -0.25) is 9.98 Å². The summed E-state index contributed by atoms with van der Waals surface area (Å²) in [6.45, 7) is 81.4. The van der Waals surface area contributed by atoms with Crippen LogP contribution in [0.15, 0.2) is 236 Å². The van der Waals surface area contributed by atoms with E-state index in [1.807, 2.05) is 32.0 Å². The SMILES string of the molecule is CC(=Nc1c(C)cc(C)cc1C)c1cccc(C(C)=Nc2c(C)cc(C)cc2C)n1.CC1=[N+](c2c(C)cc(C)cc2C)C2[N+](c3c(C)cc(C)cc3C)=C(C)c3cccc1[n+]32.Cc1cc(C)c(N=C2C(=Nc3c(C)cc(C)cc3C)c3cccc4cccc2c34)c(C)c1.Cc1cc(C)c(N=C2C(=Nc3c(C)cc(C)cc3C)c3cccc4cccc2c34)c(C)c1.[Br][Ni][Br].[CH2-][Si](C)(C)C.[CH2-][Si](C)(C)C.[Cl][Fe][Cl].[Ni+2]. The van der Waals surface area contributed by atoms with Gasteiger partial charge in [0.05, 0.1) is 79.8 Å². The van der Waals surface area contributed by atoms with E-state index in [1.54, 1.807) is 0 Å². The Morgan fingerprint density at radius 2 is 0.500 bits per heavy atom. The molecule has 10 nitrogen and oxygen atoms in total. The minimum absolute atomic E-state index is 0. The molecule has 12 aromatic carbocycles. The first-order valence-corrected chi connectivity index (χ1v) is 63.5. The van der Waals surface area contributed by atoms with Crippen molar-refractivity contribution >= 4 is 178 Å². The van der Waals surface area contributed by atoms with Crippen molar-refractivity contribution in [1.29, 1.82) is 0 Å². The van der Waals surface area contributed by atoms with E-state index in [0.29, 0.717) is 0 Å². The molecule has 2 aliphatic carbocycles. The third-order valence-corrected chi connectivity index (χ3v) is 25.0. The van der Waals surface area contributed by atoms with Gasteiger partial charge in [-0.2, -0.15) is 0 Å². The van der Waals surface area contributed by atoms with Gasteiger partial charge in [-0.25, -0.2) is 25.0 Å². The molecule has 0 N–H and O–H groups in total. The predicted octanol–water partition coefficient (Wildman–Crippen LogP) is 35.2. The zero-order valence-corrected chi connectivity index (χ0v) is 99.4. The van der Waals surface area contributed by atoms with Gasteiger partial charge in [0, 0.05) is 81.3 Å². The van der Waals surface area contributed by atoms with Crippen LogP contribution in [-0.2, 0) is 40.5 Å². The molecule has 0 fully saturated rings. The number of halogens is 4. The number of aromatic nitrogens is 2. The summed E-state index contributed by atoms with van der Waals surface area (Å²) in [6, 6.07) is 74.3. The van der Waals surface area contributed by atoms with Gasteiger partial charge < -0.3 is 13.1 Å². The molecule has 0 saturated carbocycles. The van der Waals surface area contributed by atoms with Crippen LogP contribution >= 0.6 is 48.6 Å². The van der Waals surface area contributed by atoms with Gasteiger partial charge in [-0.15, -0.1) is 16.1 Å². The second-order valence-corrected chi connectivity index (χ2v) is 58.2. The molecule has 2 aliphatic heterocycles. The van der Waals surface area contributed by atoms with Crippen molar-refractivity contribution in [1.82, 2.24) is 4.98 Å². The molecule has 0 saturated heterocycles. The van der Waals surface area contributed by atoms with E-state index in [9.17, 15) is 0 Å². The molecule has 18 rings (SSSR count). The third kappa shape index (κ3) is 27.3. The smallest absolute Gasteiger partial charge is 2.00 e. The molecular formula is C123H141Br2Cl2FeN10Ni2Si2+3. The van der Waals surface area contributed by atoms with Crippen LogP contribution in [0.25, 0.3) is 21.5 Å². The quantitative estimate of drug-likeness (QED) is 0.0580. The first-order chi connectivity index (χ1) is 66.3. The minimum atomic E-state index is -0.861. The first-order valence-electron chi connectivity index (χ1n) is 48.2. The summed E-state index contributed by atoms with van der Waals surface area (Å²) in [6.07, 6.45) is 0.0754. The molecule has 744 valence electrons. The van der Waals surface area contributed by atoms with E-state index in [2.05, 4.69) is 463 Å². The van der Waals surface area contributed by atoms with Crippen LogP contribution in [-0.4, -0.2) is 76.0 Å². The van der Waals surface area contributed by atoms with E-state index in [-0.39, 0.29) is 35.9 Å². The van der Waals surface area contributed by atoms with E-state index < -0.39 is 16.1 Å². The molecule has 4 aliphatic rings. The standard InChI is InChI=1S/2C30H28N2.C28H32N3.C27H31N3.2C4H11Si.2BrH.2ClH.Fe.2Ni/c2*1-17-13-19(3)27(20(4)14-17)31-29-24-11-7-9-23-10-8-12-25(26(23)24)30(29)32-28-21(5)15-18(2)16-22(28)6;1-16-12-18(3)26(19(4)13-16)29-22(7)24-10-9-11-25-23(8)30(28(29)31(24)25)27-20(5)14-17(2)15-21(27)6;1-16-12-18(3)26(19(4)13-16)28-22(7)24-10-9-11-25(30-24)23(8)29-27-20(5)14-17(2)15-21(27)6;2*1-5(2,3)4;;;;;;;/h2*7-16H,1-6H3;9-15,28H,1-8H3;9-15H,1-8H3;2*1H2,2-4H3;4*1H;;;/q;;+3;;2*-1;;;;;3*+2/p-4. The van der Waals surface area contributed by atoms with Crippen molar-refractivity contribution in [3.63, 3.8) is 0 Å². The molecular weight excluding hydrogens is 2080 g/mol. The summed E-state index contributed by atoms with van der Waals surface area (Å²) >= 11 is 6.19. The number of hydrogen-bond acceptors (Lipinski definition) is 7. The minimum Gasteiger partial charge on any atom is 2.00 e. The van der Waals surface area contributed by atoms with E-state index in [1.165, 1.54) is 222 Å². The number of rotatable bonds is 10. The molecule has 19 heteroatoms. The molecule has 14 aromatic rings. The van der Waals surface area contributed by atoms with Crippen molar-refractivity contribution in [3.8, 4) is 0 Å². The Bertz CT molecular complexity index is 6650. The van der Waals surface area contributed by atoms with Crippen LogP contribution in [0.5, 0.6) is 0 Å². The van der Waals surface area contributed by atoms with E-state index in [0.717, 1.165) is 79.8 Å². The monoisotopic (exact) mass is 2210 g/mol. The van der Waals surface area contributed by atoms with Crippen LogP contribution in [0.4, 0.5) is 45.5 Å². The topological polar surface area (TPSA) is 96.9 Å². The van der Waals surface area contributed by atoms with Crippen molar-refractivity contribution < 1.29 is 54.2 Å². The molecule has 0 bridgehead atoms. The number of nitrogens with zero attached hydrogens (tertiary/aromatic N) is 10. The zero-order valence-electron chi connectivity index (χ0n) is 89.6. The summed E-state index contributed by atoms with van der Waals surface area (Å²) in [4.78, 5) is 35.8. The summed E-state index contributed by atoms with van der Waals surface area (Å²) in [5.74, 6) is 0. The summed E-state index contributed by atoms with van der Waals surface area (Å²) in [5, 5.41) is 4.95. The molecule has 0 atom stereocenters. The Hall–Kier alpha value is -9.70. The maximum atomic E-state index is 5.28. The molecule has 2 aromatic heterocycles. The summed E-state index contributed by atoms with van der Waals surface area (Å²) in [7, 11) is 9.06. The molecule has 0 spiro atoms. The predicted molar refractivity (Wildman–Crippen MR) is 618 cm³/mol. The largest absolute Gasteiger partial charge is 2.00 e. The Balaban J connectivity index is 0.000000184. The fourth-order valence-electron chi connectivity index (χ4n) is 20.2. The average Bonchev–Trinajstić information content (AvgIpc) is 1.54. The van der Waals surface area contributed by atoms with Crippen LogP contribution in [0, 0.1) is 179 Å². The fraction of sp³-hybridized carbons (Fsp3) is 0.285. The van der Waals surface area contributed by atoms with E-state index >= 15 is 0 Å². The van der Waals surface area contributed by atoms with Crippen LogP contribution in [0.1, 0.15) is 213 Å². The van der Waals surface area contributed by atoms with Crippen molar-refractivity contribution in [2.75, 3.05) is 0 Å². The van der Waals surface area contributed by atoms with Gasteiger partial charge in [-0.05, 0) is 300 Å². The zero-order chi connectivity index (χ0) is 104. The Kier molecular flexibility index (Phi) is 39.4. The van der Waals surface area contributed by atoms with Crippen molar-refractivity contribution in [3.05, 3.63) is 398 Å². The van der Waals surface area contributed by atoms with Crippen LogP contribution in [0.2, 0.25) is 39.3 Å². The van der Waals surface area contributed by atoms with Crippen LogP contribution < -0.4 is 4.57 Å². The number of benzene rings is 12. The number of aliphatic imine (C=N–C) groups is 6. The first kappa shape index (κ1) is 114. The molecule has 0 radical (unpaired) electrons. The maximum absolute atomic E-state index is 5.28. The fourth-order valence-corrected chi connectivity index (χ4v) is 20.2. The second-order valence-electron chi connectivity index (χ2n) is 41.2. The van der Waals surface area contributed by atoms with Gasteiger partial charge in [0.15, 0.2) is 0 Å². The number of pyridine rings is 2. The average molecular weight is 2220 g/mol. The molecule has 4 heterocycles. The summed E-state index contributed by atoms with van der Waals surface area (Å²) < 4.78 is 7.62. The molecule has 0 amide bonds. The van der Waals surface area contributed by atoms with Gasteiger partial charge in [0.25, 0.3) is 22.8 Å². The van der Waals surface area contributed by atoms with Crippen molar-refractivity contribution in [2.45, 2.75) is 239 Å².